The molecule has 0 radical (unpaired) electrons. The van der Waals surface area contributed by atoms with Crippen LogP contribution in [0.15, 0.2) is 10.6 Å². The second-order valence-electron chi connectivity index (χ2n) is 7.60. The summed E-state index contributed by atoms with van der Waals surface area (Å²) in [6.07, 6.45) is 5.38. The summed E-state index contributed by atoms with van der Waals surface area (Å²) in [6.45, 7) is 5.28. The van der Waals surface area contributed by atoms with E-state index in [9.17, 15) is 4.79 Å². The molecule has 1 unspecified atom stereocenters. The molecule has 0 aromatic carbocycles. The number of rotatable bonds is 4. The fraction of sp³-hybridized carbons (Fsp3) is 0.778. The summed E-state index contributed by atoms with van der Waals surface area (Å²) in [5, 5.41) is 3.85. The number of aryl methyl sites for hydroxylation is 1. The molecule has 6 nitrogen and oxygen atoms in total. The molecule has 24 heavy (non-hydrogen) atoms. The van der Waals surface area contributed by atoms with Crippen LogP contribution in [0.4, 0.5) is 0 Å². The molecule has 0 bridgehead atoms. The molecular formula is C18H29N3O3. The van der Waals surface area contributed by atoms with E-state index in [1.165, 1.54) is 6.42 Å². The minimum Gasteiger partial charge on any atom is -0.375 e. The van der Waals surface area contributed by atoms with Gasteiger partial charge in [-0.25, -0.2) is 0 Å². The fourth-order valence-corrected chi connectivity index (χ4v) is 3.91. The Balaban J connectivity index is 1.54. The molecule has 2 aliphatic rings. The molecule has 0 saturated carbocycles. The molecule has 1 aromatic rings. The van der Waals surface area contributed by atoms with Gasteiger partial charge in [-0.05, 0) is 65.6 Å². The molecule has 3 rings (SSSR count). The van der Waals surface area contributed by atoms with Crippen LogP contribution in [0.2, 0.25) is 0 Å². The standard InChI is InChI=1S/C18H29N3O3/c1-14-12-16(19-24-14)17(22)21-9-6-18(7-10-21)13-15(5-11-23-18)4-8-20(2)3/h12,15H,4-11,13H2,1-3H3. The van der Waals surface area contributed by atoms with Crippen molar-refractivity contribution in [3.8, 4) is 0 Å². The highest BCUT2D eigenvalue weighted by atomic mass is 16.5. The molecule has 1 spiro atoms. The number of hydrogen-bond acceptors (Lipinski definition) is 5. The molecule has 1 amide bonds. The number of likely N-dealkylation sites (tertiary alicyclic amines) is 1. The summed E-state index contributed by atoms with van der Waals surface area (Å²) >= 11 is 0. The minimum atomic E-state index is -0.0262. The van der Waals surface area contributed by atoms with Gasteiger partial charge in [0.25, 0.3) is 5.91 Å². The molecule has 2 aliphatic heterocycles. The van der Waals surface area contributed by atoms with Gasteiger partial charge in [-0.1, -0.05) is 5.16 Å². The van der Waals surface area contributed by atoms with Crippen LogP contribution in [0.3, 0.4) is 0 Å². The average molecular weight is 335 g/mol. The van der Waals surface area contributed by atoms with Crippen molar-refractivity contribution in [3.05, 3.63) is 17.5 Å². The maximum Gasteiger partial charge on any atom is 0.276 e. The number of hydrogen-bond donors (Lipinski definition) is 0. The van der Waals surface area contributed by atoms with Crippen LogP contribution < -0.4 is 0 Å². The SMILES string of the molecule is Cc1cc(C(=O)N2CCC3(CC2)CC(CCN(C)C)CCO3)no1. The van der Waals surface area contributed by atoms with E-state index in [-0.39, 0.29) is 11.5 Å². The van der Waals surface area contributed by atoms with E-state index in [1.807, 2.05) is 4.90 Å². The first kappa shape index (κ1) is 17.4. The Morgan fingerprint density at radius 1 is 1.42 bits per heavy atom. The molecule has 0 N–H and O–H groups in total. The smallest absolute Gasteiger partial charge is 0.276 e. The second-order valence-corrected chi connectivity index (χ2v) is 7.60. The highest BCUT2D eigenvalue weighted by Crippen LogP contribution is 2.39. The zero-order valence-electron chi connectivity index (χ0n) is 15.1. The van der Waals surface area contributed by atoms with Crippen molar-refractivity contribution in [1.82, 2.24) is 15.0 Å². The van der Waals surface area contributed by atoms with Crippen molar-refractivity contribution in [2.45, 2.75) is 44.6 Å². The number of carbonyl (C=O) groups is 1. The molecule has 2 fully saturated rings. The first-order chi connectivity index (χ1) is 11.5. The van der Waals surface area contributed by atoms with E-state index >= 15 is 0 Å². The quantitative estimate of drug-likeness (QED) is 0.845. The summed E-state index contributed by atoms with van der Waals surface area (Å²) in [5.41, 5.74) is 0.392. The molecule has 1 atom stereocenters. The molecule has 134 valence electrons. The topological polar surface area (TPSA) is 58.8 Å². The van der Waals surface area contributed by atoms with Crippen LogP contribution in [0.25, 0.3) is 0 Å². The van der Waals surface area contributed by atoms with Gasteiger partial charge in [-0.2, -0.15) is 0 Å². The minimum absolute atomic E-state index is 0.0221. The highest BCUT2D eigenvalue weighted by molar-refractivity contribution is 5.92. The number of aromatic nitrogens is 1. The van der Waals surface area contributed by atoms with E-state index in [2.05, 4.69) is 24.2 Å². The average Bonchev–Trinajstić information content (AvgIpc) is 3.00. The third-order valence-electron chi connectivity index (χ3n) is 5.39. The van der Waals surface area contributed by atoms with Crippen LogP contribution >= 0.6 is 0 Å². The Morgan fingerprint density at radius 3 is 2.79 bits per heavy atom. The van der Waals surface area contributed by atoms with E-state index in [1.54, 1.807) is 13.0 Å². The van der Waals surface area contributed by atoms with Crippen molar-refractivity contribution in [2.75, 3.05) is 40.3 Å². The van der Waals surface area contributed by atoms with Crippen molar-refractivity contribution in [1.29, 1.82) is 0 Å². The Kier molecular flexibility index (Phi) is 5.25. The van der Waals surface area contributed by atoms with Crippen LogP contribution in [-0.4, -0.2) is 66.8 Å². The molecule has 1 aromatic heterocycles. The van der Waals surface area contributed by atoms with Gasteiger partial charge in [0.15, 0.2) is 5.69 Å². The van der Waals surface area contributed by atoms with Gasteiger partial charge in [-0.15, -0.1) is 0 Å². The first-order valence-corrected chi connectivity index (χ1v) is 8.99. The number of carbonyl (C=O) groups excluding carboxylic acids is 1. The number of ether oxygens (including phenoxy) is 1. The lowest BCUT2D eigenvalue weighted by molar-refractivity contribution is -0.124. The van der Waals surface area contributed by atoms with Gasteiger partial charge >= 0.3 is 0 Å². The Morgan fingerprint density at radius 2 is 2.17 bits per heavy atom. The van der Waals surface area contributed by atoms with Gasteiger partial charge in [0, 0.05) is 25.8 Å². The fourth-order valence-electron chi connectivity index (χ4n) is 3.91. The van der Waals surface area contributed by atoms with Gasteiger partial charge in [0.1, 0.15) is 5.76 Å². The third-order valence-corrected chi connectivity index (χ3v) is 5.39. The number of piperidine rings is 1. The lowest BCUT2D eigenvalue weighted by Gasteiger charge is -2.46. The van der Waals surface area contributed by atoms with E-state index in [0.717, 1.165) is 57.8 Å². The van der Waals surface area contributed by atoms with Crippen molar-refractivity contribution in [3.63, 3.8) is 0 Å². The van der Waals surface area contributed by atoms with Crippen molar-refractivity contribution < 1.29 is 14.1 Å². The van der Waals surface area contributed by atoms with E-state index in [0.29, 0.717) is 11.5 Å². The summed E-state index contributed by atoms with van der Waals surface area (Å²) in [6, 6.07) is 1.71. The predicted octanol–water partition coefficient (Wildman–Crippen LogP) is 2.34. The molecule has 6 heteroatoms. The second kappa shape index (κ2) is 7.23. The van der Waals surface area contributed by atoms with Crippen molar-refractivity contribution >= 4 is 5.91 Å². The Labute approximate surface area is 144 Å². The monoisotopic (exact) mass is 335 g/mol. The predicted molar refractivity (Wildman–Crippen MR) is 91.0 cm³/mol. The van der Waals surface area contributed by atoms with Crippen LogP contribution in [0.5, 0.6) is 0 Å². The number of amides is 1. The Hall–Kier alpha value is -1.40. The van der Waals surface area contributed by atoms with Crippen LogP contribution in [-0.2, 0) is 4.74 Å². The van der Waals surface area contributed by atoms with E-state index < -0.39 is 0 Å². The zero-order chi connectivity index (χ0) is 17.2. The highest BCUT2D eigenvalue weighted by Gasteiger charge is 2.41. The van der Waals surface area contributed by atoms with Crippen molar-refractivity contribution in [2.24, 2.45) is 5.92 Å². The van der Waals surface area contributed by atoms with Gasteiger partial charge in [0.2, 0.25) is 0 Å². The number of nitrogens with zero attached hydrogens (tertiary/aromatic N) is 3. The van der Waals surface area contributed by atoms with Crippen LogP contribution in [0.1, 0.15) is 48.4 Å². The molecule has 0 aliphatic carbocycles. The summed E-state index contributed by atoms with van der Waals surface area (Å²) in [4.78, 5) is 16.6. The van der Waals surface area contributed by atoms with Gasteiger partial charge < -0.3 is 19.1 Å². The van der Waals surface area contributed by atoms with Gasteiger partial charge in [0.05, 0.1) is 5.60 Å². The first-order valence-electron chi connectivity index (χ1n) is 8.99. The largest absolute Gasteiger partial charge is 0.375 e. The molecule has 2 saturated heterocycles. The van der Waals surface area contributed by atoms with Gasteiger partial charge in [-0.3, -0.25) is 4.79 Å². The normalized spacial score (nSPS) is 23.8. The lowest BCUT2D eigenvalue weighted by Crippen LogP contribution is -2.51. The molecule has 3 heterocycles. The maximum atomic E-state index is 12.5. The summed E-state index contributed by atoms with van der Waals surface area (Å²) < 4.78 is 11.2. The zero-order valence-corrected chi connectivity index (χ0v) is 15.1. The molecular weight excluding hydrogens is 306 g/mol. The third kappa shape index (κ3) is 3.98. The van der Waals surface area contributed by atoms with E-state index in [4.69, 9.17) is 9.26 Å². The summed E-state index contributed by atoms with van der Waals surface area (Å²) in [7, 11) is 4.26. The maximum absolute atomic E-state index is 12.5. The summed E-state index contributed by atoms with van der Waals surface area (Å²) in [5.74, 6) is 1.38. The van der Waals surface area contributed by atoms with Crippen LogP contribution in [0, 0.1) is 12.8 Å². The lowest BCUT2D eigenvalue weighted by atomic mass is 9.78. The Bertz CT molecular complexity index is 562.